The van der Waals surface area contributed by atoms with Gasteiger partial charge in [0, 0.05) is 17.5 Å². The third kappa shape index (κ3) is 2.22. The zero-order chi connectivity index (χ0) is 13.2. The Balaban J connectivity index is 1.75. The van der Waals surface area contributed by atoms with E-state index in [1.165, 1.54) is 0 Å². The number of hydrogen-bond acceptors (Lipinski definition) is 4. The van der Waals surface area contributed by atoms with E-state index in [0.29, 0.717) is 23.6 Å². The molecule has 3 rings (SSSR count). The van der Waals surface area contributed by atoms with Gasteiger partial charge in [-0.25, -0.2) is 0 Å². The van der Waals surface area contributed by atoms with E-state index in [1.807, 2.05) is 24.3 Å². The SMILES string of the molecule is Cc1oncc1CNC(=O)c1cc2ccccc2o1. The Morgan fingerprint density at radius 3 is 2.95 bits per heavy atom. The number of aromatic nitrogens is 1. The highest BCUT2D eigenvalue weighted by Crippen LogP contribution is 2.18. The number of amides is 1. The lowest BCUT2D eigenvalue weighted by molar-refractivity contribution is 0.0925. The van der Waals surface area contributed by atoms with E-state index in [0.717, 1.165) is 10.9 Å². The molecule has 1 N–H and O–H groups in total. The molecule has 5 nitrogen and oxygen atoms in total. The quantitative estimate of drug-likeness (QED) is 0.782. The van der Waals surface area contributed by atoms with Crippen LogP contribution >= 0.6 is 0 Å². The zero-order valence-electron chi connectivity index (χ0n) is 10.3. The molecule has 1 amide bonds. The highest BCUT2D eigenvalue weighted by molar-refractivity contribution is 5.95. The second-order valence-electron chi connectivity index (χ2n) is 4.24. The molecule has 1 aromatic carbocycles. The summed E-state index contributed by atoms with van der Waals surface area (Å²) < 4.78 is 10.4. The van der Waals surface area contributed by atoms with Crippen molar-refractivity contribution in [2.24, 2.45) is 0 Å². The highest BCUT2D eigenvalue weighted by Gasteiger charge is 2.12. The van der Waals surface area contributed by atoms with Crippen molar-refractivity contribution in [3.8, 4) is 0 Å². The molecule has 2 heterocycles. The Morgan fingerprint density at radius 2 is 2.21 bits per heavy atom. The highest BCUT2D eigenvalue weighted by atomic mass is 16.5. The molecular formula is C14H12N2O3. The van der Waals surface area contributed by atoms with Gasteiger partial charge in [0.15, 0.2) is 5.76 Å². The van der Waals surface area contributed by atoms with Gasteiger partial charge in [-0.05, 0) is 19.1 Å². The maximum absolute atomic E-state index is 12.0. The minimum Gasteiger partial charge on any atom is -0.451 e. The second-order valence-corrected chi connectivity index (χ2v) is 4.24. The molecule has 5 heteroatoms. The van der Waals surface area contributed by atoms with Gasteiger partial charge in [0.05, 0.1) is 6.20 Å². The van der Waals surface area contributed by atoms with E-state index in [-0.39, 0.29) is 5.91 Å². The monoisotopic (exact) mass is 256 g/mol. The average molecular weight is 256 g/mol. The van der Waals surface area contributed by atoms with Gasteiger partial charge in [-0.3, -0.25) is 4.79 Å². The molecule has 0 aliphatic heterocycles. The fourth-order valence-corrected chi connectivity index (χ4v) is 1.85. The van der Waals surface area contributed by atoms with Gasteiger partial charge in [0.25, 0.3) is 5.91 Å². The molecule has 96 valence electrons. The molecule has 0 atom stereocenters. The first kappa shape index (κ1) is 11.5. The van der Waals surface area contributed by atoms with Crippen LogP contribution in [0.3, 0.4) is 0 Å². The Labute approximate surface area is 109 Å². The summed E-state index contributed by atoms with van der Waals surface area (Å²) in [6.07, 6.45) is 1.59. The van der Waals surface area contributed by atoms with Crippen molar-refractivity contribution in [1.29, 1.82) is 0 Å². The smallest absolute Gasteiger partial charge is 0.287 e. The van der Waals surface area contributed by atoms with E-state index in [9.17, 15) is 4.79 Å². The Hall–Kier alpha value is -2.56. The zero-order valence-corrected chi connectivity index (χ0v) is 10.3. The number of fused-ring (bicyclic) bond motifs is 1. The first-order chi connectivity index (χ1) is 9.24. The number of nitrogens with zero attached hydrogens (tertiary/aromatic N) is 1. The maximum Gasteiger partial charge on any atom is 0.287 e. The van der Waals surface area contributed by atoms with Crippen LogP contribution in [0.4, 0.5) is 0 Å². The van der Waals surface area contributed by atoms with Gasteiger partial charge in [0.2, 0.25) is 0 Å². The summed E-state index contributed by atoms with van der Waals surface area (Å²) in [6, 6.07) is 9.23. The number of carbonyl (C=O) groups excluding carboxylic acids is 1. The van der Waals surface area contributed by atoms with Crippen LogP contribution < -0.4 is 5.32 Å². The van der Waals surface area contributed by atoms with Crippen LogP contribution in [0.2, 0.25) is 0 Å². The summed E-state index contributed by atoms with van der Waals surface area (Å²) >= 11 is 0. The Bertz CT molecular complexity index is 694. The number of hydrogen-bond donors (Lipinski definition) is 1. The molecule has 19 heavy (non-hydrogen) atoms. The largest absolute Gasteiger partial charge is 0.451 e. The summed E-state index contributed by atoms with van der Waals surface area (Å²) in [4.78, 5) is 12.0. The Morgan fingerprint density at radius 1 is 1.37 bits per heavy atom. The van der Waals surface area contributed by atoms with E-state index in [2.05, 4.69) is 10.5 Å². The number of rotatable bonds is 3. The summed E-state index contributed by atoms with van der Waals surface area (Å²) in [6.45, 7) is 2.17. The molecule has 3 aromatic rings. The summed E-state index contributed by atoms with van der Waals surface area (Å²) in [5.74, 6) is 0.747. The van der Waals surface area contributed by atoms with Crippen LogP contribution in [-0.2, 0) is 6.54 Å². The maximum atomic E-state index is 12.0. The van der Waals surface area contributed by atoms with Crippen molar-refractivity contribution in [2.45, 2.75) is 13.5 Å². The van der Waals surface area contributed by atoms with Crippen molar-refractivity contribution >= 4 is 16.9 Å². The number of aryl methyl sites for hydroxylation is 1. The summed E-state index contributed by atoms with van der Waals surface area (Å²) in [7, 11) is 0. The molecule has 0 aliphatic rings. The number of benzene rings is 1. The van der Waals surface area contributed by atoms with E-state index in [1.54, 1.807) is 19.2 Å². The van der Waals surface area contributed by atoms with Crippen molar-refractivity contribution in [1.82, 2.24) is 10.5 Å². The average Bonchev–Trinajstić information content (AvgIpc) is 3.01. The predicted molar refractivity (Wildman–Crippen MR) is 68.6 cm³/mol. The lowest BCUT2D eigenvalue weighted by Crippen LogP contribution is -2.22. The molecule has 2 aromatic heterocycles. The molecule has 0 saturated heterocycles. The number of para-hydroxylation sites is 1. The van der Waals surface area contributed by atoms with Crippen molar-refractivity contribution in [2.75, 3.05) is 0 Å². The molecule has 0 saturated carbocycles. The van der Waals surface area contributed by atoms with Crippen molar-refractivity contribution in [3.63, 3.8) is 0 Å². The minimum atomic E-state index is -0.253. The normalized spacial score (nSPS) is 10.8. The van der Waals surface area contributed by atoms with Crippen LogP contribution in [0.15, 0.2) is 45.5 Å². The van der Waals surface area contributed by atoms with E-state index >= 15 is 0 Å². The van der Waals surface area contributed by atoms with Crippen LogP contribution in [0.25, 0.3) is 11.0 Å². The van der Waals surface area contributed by atoms with Gasteiger partial charge in [-0.15, -0.1) is 0 Å². The van der Waals surface area contributed by atoms with Crippen molar-refractivity contribution < 1.29 is 13.7 Å². The number of nitrogens with one attached hydrogen (secondary N) is 1. The molecule has 0 aliphatic carbocycles. The first-order valence-electron chi connectivity index (χ1n) is 5.91. The Kier molecular flexibility index (Phi) is 2.79. The van der Waals surface area contributed by atoms with Gasteiger partial charge >= 0.3 is 0 Å². The van der Waals surface area contributed by atoms with E-state index < -0.39 is 0 Å². The molecule has 0 radical (unpaired) electrons. The lowest BCUT2D eigenvalue weighted by atomic mass is 10.2. The number of carbonyl (C=O) groups is 1. The lowest BCUT2D eigenvalue weighted by Gasteiger charge is -2.00. The summed E-state index contributed by atoms with van der Waals surface area (Å²) in [5, 5.41) is 7.34. The second kappa shape index (κ2) is 4.61. The molecule has 0 spiro atoms. The van der Waals surface area contributed by atoms with Gasteiger partial charge in [-0.2, -0.15) is 0 Å². The minimum absolute atomic E-state index is 0.253. The van der Waals surface area contributed by atoms with Gasteiger partial charge in [-0.1, -0.05) is 23.4 Å². The van der Waals surface area contributed by atoms with Crippen LogP contribution in [0, 0.1) is 6.92 Å². The fourth-order valence-electron chi connectivity index (χ4n) is 1.85. The van der Waals surface area contributed by atoms with Crippen LogP contribution in [0.5, 0.6) is 0 Å². The third-order valence-corrected chi connectivity index (χ3v) is 2.94. The van der Waals surface area contributed by atoms with Crippen LogP contribution in [-0.4, -0.2) is 11.1 Å². The van der Waals surface area contributed by atoms with Gasteiger partial charge < -0.3 is 14.3 Å². The standard InChI is InChI=1S/C14H12N2O3/c1-9-11(8-16-19-9)7-15-14(17)13-6-10-4-2-3-5-12(10)18-13/h2-6,8H,7H2,1H3,(H,15,17). The topological polar surface area (TPSA) is 68.3 Å². The van der Waals surface area contributed by atoms with E-state index in [4.69, 9.17) is 8.94 Å². The molecule has 0 fully saturated rings. The van der Waals surface area contributed by atoms with Crippen molar-refractivity contribution in [3.05, 3.63) is 53.6 Å². The summed E-state index contributed by atoms with van der Waals surface area (Å²) in [5.41, 5.74) is 1.55. The number of furan rings is 1. The van der Waals surface area contributed by atoms with Crippen LogP contribution in [0.1, 0.15) is 21.9 Å². The third-order valence-electron chi connectivity index (χ3n) is 2.94. The molecular weight excluding hydrogens is 244 g/mol. The van der Waals surface area contributed by atoms with Gasteiger partial charge in [0.1, 0.15) is 11.3 Å². The fraction of sp³-hybridized carbons (Fsp3) is 0.143. The molecule has 0 unspecified atom stereocenters. The molecule has 0 bridgehead atoms. The predicted octanol–water partition coefficient (Wildman–Crippen LogP) is 2.66. The first-order valence-corrected chi connectivity index (χ1v) is 5.91.